The predicted octanol–water partition coefficient (Wildman–Crippen LogP) is 4.19. The third-order valence-electron chi connectivity index (χ3n) is 2.67. The Hall–Kier alpha value is -1.33. The second-order valence-electron chi connectivity index (χ2n) is 4.24. The molecule has 2 heterocycles. The molecule has 0 aliphatic heterocycles. The zero-order chi connectivity index (χ0) is 13.7. The van der Waals surface area contributed by atoms with Crippen molar-refractivity contribution >= 4 is 34.7 Å². The average molecular weight is 297 g/mol. The van der Waals surface area contributed by atoms with E-state index in [0.717, 1.165) is 13.0 Å². The number of hydrogen-bond acceptors (Lipinski definition) is 5. The van der Waals surface area contributed by atoms with Gasteiger partial charge in [0.2, 0.25) is 5.95 Å². The number of rotatable bonds is 6. The summed E-state index contributed by atoms with van der Waals surface area (Å²) in [6.45, 7) is 5.03. The number of hydrogen-bond donors (Lipinski definition) is 2. The molecule has 0 aliphatic rings. The van der Waals surface area contributed by atoms with E-state index in [0.29, 0.717) is 16.8 Å². The van der Waals surface area contributed by atoms with Crippen molar-refractivity contribution in [3.8, 4) is 0 Å². The molecule has 0 saturated heterocycles. The Balaban J connectivity index is 2.10. The highest BCUT2D eigenvalue weighted by Gasteiger charge is 2.10. The molecule has 6 heteroatoms. The largest absolute Gasteiger partial charge is 0.362 e. The van der Waals surface area contributed by atoms with Gasteiger partial charge in [-0.15, -0.1) is 0 Å². The Labute approximate surface area is 122 Å². The van der Waals surface area contributed by atoms with Crippen molar-refractivity contribution in [2.24, 2.45) is 0 Å². The zero-order valence-electron chi connectivity index (χ0n) is 11.0. The minimum absolute atomic E-state index is 0.165. The molecule has 4 nitrogen and oxygen atoms in total. The summed E-state index contributed by atoms with van der Waals surface area (Å²) in [6, 6.07) is 2.26. The predicted molar refractivity (Wildman–Crippen MR) is 82.2 cm³/mol. The average Bonchev–Trinajstić information content (AvgIpc) is 2.93. The van der Waals surface area contributed by atoms with Crippen LogP contribution >= 0.6 is 22.9 Å². The van der Waals surface area contributed by atoms with Gasteiger partial charge in [-0.3, -0.25) is 0 Å². The third kappa shape index (κ3) is 3.81. The van der Waals surface area contributed by atoms with Gasteiger partial charge in [0.1, 0.15) is 5.02 Å². The molecule has 2 N–H and O–H groups in total. The molecule has 1 unspecified atom stereocenters. The Kier molecular flexibility index (Phi) is 4.99. The Morgan fingerprint density at radius 2 is 2.32 bits per heavy atom. The molecule has 19 heavy (non-hydrogen) atoms. The van der Waals surface area contributed by atoms with Crippen LogP contribution in [0.4, 0.5) is 11.8 Å². The van der Waals surface area contributed by atoms with Gasteiger partial charge in [0.25, 0.3) is 0 Å². The first-order valence-electron chi connectivity index (χ1n) is 6.25. The highest BCUT2D eigenvalue weighted by Crippen LogP contribution is 2.25. The van der Waals surface area contributed by atoms with E-state index in [-0.39, 0.29) is 6.04 Å². The van der Waals surface area contributed by atoms with Gasteiger partial charge >= 0.3 is 0 Å². The fourth-order valence-corrected chi connectivity index (χ4v) is 2.50. The van der Waals surface area contributed by atoms with Crippen LogP contribution in [0.5, 0.6) is 0 Å². The number of thiophene rings is 1. The molecule has 0 aliphatic carbocycles. The second kappa shape index (κ2) is 6.73. The molecular formula is C13H17ClN4S. The maximum absolute atomic E-state index is 6.12. The van der Waals surface area contributed by atoms with Gasteiger partial charge < -0.3 is 10.6 Å². The lowest BCUT2D eigenvalue weighted by molar-refractivity contribution is 0.875. The second-order valence-corrected chi connectivity index (χ2v) is 5.43. The summed E-state index contributed by atoms with van der Waals surface area (Å²) in [4.78, 5) is 8.55. The molecule has 0 spiro atoms. The number of halogens is 1. The summed E-state index contributed by atoms with van der Waals surface area (Å²) in [5.41, 5.74) is 1.22. The van der Waals surface area contributed by atoms with E-state index in [2.05, 4.69) is 51.3 Å². The fraction of sp³-hybridized carbons (Fsp3) is 0.385. The van der Waals surface area contributed by atoms with Gasteiger partial charge in [0.15, 0.2) is 5.82 Å². The SMILES string of the molecule is CCCNc1ncc(Cl)c(NC(C)c2ccsc2)n1. The molecule has 0 radical (unpaired) electrons. The zero-order valence-corrected chi connectivity index (χ0v) is 12.6. The smallest absolute Gasteiger partial charge is 0.224 e. The first kappa shape index (κ1) is 14.1. The lowest BCUT2D eigenvalue weighted by Crippen LogP contribution is -2.10. The normalized spacial score (nSPS) is 12.2. The molecule has 2 rings (SSSR count). The summed E-state index contributed by atoms with van der Waals surface area (Å²) in [6.07, 6.45) is 2.65. The van der Waals surface area contributed by atoms with E-state index in [1.54, 1.807) is 17.5 Å². The Morgan fingerprint density at radius 3 is 3.00 bits per heavy atom. The molecule has 0 fully saturated rings. The molecule has 102 valence electrons. The maximum Gasteiger partial charge on any atom is 0.224 e. The van der Waals surface area contributed by atoms with Crippen molar-refractivity contribution in [2.45, 2.75) is 26.3 Å². The lowest BCUT2D eigenvalue weighted by atomic mass is 10.2. The number of aromatic nitrogens is 2. The van der Waals surface area contributed by atoms with Gasteiger partial charge in [-0.05, 0) is 35.7 Å². The van der Waals surface area contributed by atoms with Crippen molar-refractivity contribution in [3.63, 3.8) is 0 Å². The van der Waals surface area contributed by atoms with Crippen LogP contribution in [0.25, 0.3) is 0 Å². The molecule has 0 saturated carbocycles. The van der Waals surface area contributed by atoms with Crippen molar-refractivity contribution in [1.29, 1.82) is 0 Å². The first-order chi connectivity index (χ1) is 9.20. The lowest BCUT2D eigenvalue weighted by Gasteiger charge is -2.15. The summed E-state index contributed by atoms with van der Waals surface area (Å²) >= 11 is 7.80. The van der Waals surface area contributed by atoms with Crippen LogP contribution in [0.3, 0.4) is 0 Å². The first-order valence-corrected chi connectivity index (χ1v) is 7.57. The van der Waals surface area contributed by atoms with E-state index >= 15 is 0 Å². The summed E-state index contributed by atoms with van der Waals surface area (Å²) in [5, 5.41) is 11.2. The van der Waals surface area contributed by atoms with Crippen LogP contribution in [-0.2, 0) is 0 Å². The highest BCUT2D eigenvalue weighted by molar-refractivity contribution is 7.08. The van der Waals surface area contributed by atoms with E-state index in [1.807, 2.05) is 0 Å². The molecular weight excluding hydrogens is 280 g/mol. The van der Waals surface area contributed by atoms with Gasteiger partial charge in [-0.25, -0.2) is 4.98 Å². The van der Waals surface area contributed by atoms with Crippen molar-refractivity contribution < 1.29 is 0 Å². The maximum atomic E-state index is 6.12. The highest BCUT2D eigenvalue weighted by atomic mass is 35.5. The van der Waals surface area contributed by atoms with E-state index in [4.69, 9.17) is 11.6 Å². The minimum Gasteiger partial charge on any atom is -0.362 e. The van der Waals surface area contributed by atoms with Gasteiger partial charge in [0.05, 0.1) is 12.2 Å². The van der Waals surface area contributed by atoms with Crippen LogP contribution < -0.4 is 10.6 Å². The van der Waals surface area contributed by atoms with E-state index in [1.165, 1.54) is 5.56 Å². The quantitative estimate of drug-likeness (QED) is 0.839. The number of nitrogens with one attached hydrogen (secondary N) is 2. The summed E-state index contributed by atoms with van der Waals surface area (Å²) in [7, 11) is 0. The van der Waals surface area contributed by atoms with Crippen LogP contribution in [0.1, 0.15) is 31.9 Å². The molecule has 1 atom stereocenters. The van der Waals surface area contributed by atoms with Crippen molar-refractivity contribution in [1.82, 2.24) is 9.97 Å². The molecule has 0 amide bonds. The molecule has 0 aromatic carbocycles. The summed E-state index contributed by atoms with van der Waals surface area (Å²) in [5.74, 6) is 1.26. The monoisotopic (exact) mass is 296 g/mol. The van der Waals surface area contributed by atoms with E-state index < -0.39 is 0 Å². The van der Waals surface area contributed by atoms with Crippen LogP contribution in [0, 0.1) is 0 Å². The molecule has 2 aromatic rings. The van der Waals surface area contributed by atoms with Crippen LogP contribution in [0.2, 0.25) is 5.02 Å². The summed E-state index contributed by atoms with van der Waals surface area (Å²) < 4.78 is 0. The number of nitrogens with zero attached hydrogens (tertiary/aromatic N) is 2. The van der Waals surface area contributed by atoms with Crippen LogP contribution in [-0.4, -0.2) is 16.5 Å². The van der Waals surface area contributed by atoms with Crippen molar-refractivity contribution in [3.05, 3.63) is 33.6 Å². The molecule has 2 aromatic heterocycles. The van der Waals surface area contributed by atoms with Gasteiger partial charge in [0, 0.05) is 6.54 Å². The fourth-order valence-electron chi connectivity index (χ4n) is 1.60. The molecule has 0 bridgehead atoms. The van der Waals surface area contributed by atoms with Gasteiger partial charge in [-0.2, -0.15) is 16.3 Å². The van der Waals surface area contributed by atoms with Gasteiger partial charge in [-0.1, -0.05) is 18.5 Å². The standard InChI is InChI=1S/C13H17ClN4S/c1-3-5-15-13-16-7-11(14)12(18-13)17-9(2)10-4-6-19-8-10/h4,6-9H,3,5H2,1-2H3,(H2,15,16,17,18). The third-order valence-corrected chi connectivity index (χ3v) is 3.65. The minimum atomic E-state index is 0.165. The van der Waals surface area contributed by atoms with Crippen molar-refractivity contribution in [2.75, 3.05) is 17.2 Å². The van der Waals surface area contributed by atoms with Crippen LogP contribution in [0.15, 0.2) is 23.0 Å². The Bertz CT molecular complexity index is 515. The Morgan fingerprint density at radius 1 is 1.47 bits per heavy atom. The van der Waals surface area contributed by atoms with E-state index in [9.17, 15) is 0 Å². The topological polar surface area (TPSA) is 49.8 Å². The number of anilines is 2.